The fraction of sp³-hybridized carbons (Fsp3) is 0.278. The van der Waals surface area contributed by atoms with Crippen LogP contribution in [0.25, 0.3) is 16.5 Å². The molecule has 2 aromatic rings. The molecule has 1 saturated heterocycles. The summed E-state index contributed by atoms with van der Waals surface area (Å²) in [4.78, 5) is 18.4. The summed E-state index contributed by atoms with van der Waals surface area (Å²) in [5.74, 6) is -0.168. The molecular weight excluding hydrogens is 311 g/mol. The fourth-order valence-corrected chi connectivity index (χ4v) is 3.41. The third-order valence-electron chi connectivity index (χ3n) is 3.96. The number of likely N-dealkylation sites (N-methyl/N-ethyl adjacent to an activating group) is 1. The maximum Gasteiger partial charge on any atom is 0.246 e. The molecule has 23 heavy (non-hydrogen) atoms. The molecule has 1 aliphatic heterocycles. The van der Waals surface area contributed by atoms with Crippen LogP contribution in [0, 0.1) is 5.82 Å². The summed E-state index contributed by atoms with van der Waals surface area (Å²) in [5.41, 5.74) is 0.987. The van der Waals surface area contributed by atoms with E-state index < -0.39 is 0 Å². The second kappa shape index (κ2) is 7.06. The van der Waals surface area contributed by atoms with Crippen LogP contribution in [0.2, 0.25) is 0 Å². The van der Waals surface area contributed by atoms with Gasteiger partial charge in [-0.25, -0.2) is 4.39 Å². The van der Waals surface area contributed by atoms with Crippen LogP contribution in [0.5, 0.6) is 0 Å². The molecule has 1 aromatic heterocycles. The minimum atomic E-state index is -0.233. The first-order valence-electron chi connectivity index (χ1n) is 7.63. The van der Waals surface area contributed by atoms with Crippen molar-refractivity contribution in [3.8, 4) is 10.4 Å². The van der Waals surface area contributed by atoms with Crippen molar-refractivity contribution < 1.29 is 9.18 Å². The van der Waals surface area contributed by atoms with E-state index in [0.29, 0.717) is 0 Å². The van der Waals surface area contributed by atoms with Gasteiger partial charge in [-0.2, -0.15) is 0 Å². The first-order chi connectivity index (χ1) is 11.1. The van der Waals surface area contributed by atoms with E-state index in [1.165, 1.54) is 12.1 Å². The van der Waals surface area contributed by atoms with E-state index in [2.05, 4.69) is 11.9 Å². The zero-order valence-electron chi connectivity index (χ0n) is 13.0. The monoisotopic (exact) mass is 330 g/mol. The van der Waals surface area contributed by atoms with Crippen molar-refractivity contribution in [2.45, 2.75) is 0 Å². The zero-order chi connectivity index (χ0) is 16.2. The second-order valence-corrected chi connectivity index (χ2v) is 6.79. The Morgan fingerprint density at radius 3 is 2.48 bits per heavy atom. The number of amides is 1. The predicted molar refractivity (Wildman–Crippen MR) is 92.8 cm³/mol. The maximum absolute atomic E-state index is 13.0. The van der Waals surface area contributed by atoms with Crippen molar-refractivity contribution in [3.05, 3.63) is 53.2 Å². The molecule has 0 saturated carbocycles. The van der Waals surface area contributed by atoms with E-state index in [1.807, 2.05) is 23.1 Å². The molecular formula is C18H19FN2OS. The van der Waals surface area contributed by atoms with E-state index in [-0.39, 0.29) is 11.7 Å². The summed E-state index contributed by atoms with van der Waals surface area (Å²) in [7, 11) is 2.07. The normalized spacial score (nSPS) is 16.2. The van der Waals surface area contributed by atoms with Crippen molar-refractivity contribution in [3.63, 3.8) is 0 Å². The van der Waals surface area contributed by atoms with Crippen LogP contribution < -0.4 is 0 Å². The van der Waals surface area contributed by atoms with E-state index in [9.17, 15) is 9.18 Å². The Labute approximate surface area is 139 Å². The van der Waals surface area contributed by atoms with Crippen LogP contribution in [0.3, 0.4) is 0 Å². The van der Waals surface area contributed by atoms with Crippen LogP contribution in [0.4, 0.5) is 4.39 Å². The van der Waals surface area contributed by atoms with Crippen molar-refractivity contribution in [2.75, 3.05) is 33.2 Å². The van der Waals surface area contributed by atoms with Crippen molar-refractivity contribution >= 4 is 23.3 Å². The standard InChI is InChI=1S/C18H19FN2OS/c1-20-10-12-21(13-11-20)18(22)9-7-16-6-8-17(23-16)14-2-4-15(19)5-3-14/h2-9H,10-13H2,1H3/b9-7+. The Balaban J connectivity index is 1.64. The van der Waals surface area contributed by atoms with Gasteiger partial charge in [0.2, 0.25) is 5.91 Å². The largest absolute Gasteiger partial charge is 0.337 e. The third-order valence-corrected chi connectivity index (χ3v) is 5.06. The van der Waals surface area contributed by atoms with E-state index >= 15 is 0 Å². The van der Waals surface area contributed by atoms with Crippen molar-refractivity contribution in [1.82, 2.24) is 9.80 Å². The highest BCUT2D eigenvalue weighted by Crippen LogP contribution is 2.28. The van der Waals surface area contributed by atoms with Gasteiger partial charge in [-0.1, -0.05) is 12.1 Å². The number of carbonyl (C=O) groups is 1. The summed E-state index contributed by atoms with van der Waals surface area (Å²) in [5, 5.41) is 0. The van der Waals surface area contributed by atoms with Crippen LogP contribution in [0.15, 0.2) is 42.5 Å². The Hall–Kier alpha value is -1.98. The highest BCUT2D eigenvalue weighted by molar-refractivity contribution is 7.16. The number of thiophene rings is 1. The molecule has 0 radical (unpaired) electrons. The maximum atomic E-state index is 13.0. The summed E-state index contributed by atoms with van der Waals surface area (Å²) in [6.07, 6.45) is 3.50. The number of carbonyl (C=O) groups excluding carboxylic acids is 1. The highest BCUT2D eigenvalue weighted by Gasteiger charge is 2.16. The van der Waals surface area contributed by atoms with Crippen molar-refractivity contribution in [1.29, 1.82) is 0 Å². The molecule has 0 bridgehead atoms. The highest BCUT2D eigenvalue weighted by atomic mass is 32.1. The Bertz CT molecular complexity index is 700. The van der Waals surface area contributed by atoms with Gasteiger partial charge in [0, 0.05) is 42.0 Å². The van der Waals surface area contributed by atoms with Gasteiger partial charge in [0.1, 0.15) is 5.82 Å². The van der Waals surface area contributed by atoms with Gasteiger partial charge < -0.3 is 9.80 Å². The van der Waals surface area contributed by atoms with E-state index in [4.69, 9.17) is 0 Å². The molecule has 2 heterocycles. The molecule has 1 fully saturated rings. The number of hydrogen-bond acceptors (Lipinski definition) is 3. The summed E-state index contributed by atoms with van der Waals surface area (Å²) >= 11 is 1.59. The quantitative estimate of drug-likeness (QED) is 0.806. The molecule has 0 spiro atoms. The SMILES string of the molecule is CN1CCN(C(=O)/C=C/c2ccc(-c3ccc(F)cc3)s2)CC1. The first kappa shape index (κ1) is 15.9. The minimum Gasteiger partial charge on any atom is -0.337 e. The average Bonchev–Trinajstić information content (AvgIpc) is 3.03. The van der Waals surface area contributed by atoms with Crippen molar-refractivity contribution in [2.24, 2.45) is 0 Å². The van der Waals surface area contributed by atoms with Gasteiger partial charge in [0.25, 0.3) is 0 Å². The summed E-state index contributed by atoms with van der Waals surface area (Å²) in [6, 6.07) is 10.4. The topological polar surface area (TPSA) is 23.6 Å². The Kier molecular flexibility index (Phi) is 4.88. The van der Waals surface area contributed by atoms with Gasteiger partial charge in [0.05, 0.1) is 0 Å². The first-order valence-corrected chi connectivity index (χ1v) is 8.45. The van der Waals surface area contributed by atoms with Gasteiger partial charge in [-0.15, -0.1) is 11.3 Å². The van der Waals surface area contributed by atoms with Crippen LogP contribution in [-0.2, 0) is 4.79 Å². The molecule has 1 aliphatic rings. The average molecular weight is 330 g/mol. The minimum absolute atomic E-state index is 0.0647. The van der Waals surface area contributed by atoms with Gasteiger partial charge >= 0.3 is 0 Å². The lowest BCUT2D eigenvalue weighted by molar-refractivity contribution is -0.127. The Morgan fingerprint density at radius 1 is 1.09 bits per heavy atom. The smallest absolute Gasteiger partial charge is 0.246 e. The lowest BCUT2D eigenvalue weighted by Crippen LogP contribution is -2.46. The number of benzene rings is 1. The molecule has 3 nitrogen and oxygen atoms in total. The van der Waals surface area contributed by atoms with E-state index in [1.54, 1.807) is 29.5 Å². The summed E-state index contributed by atoms with van der Waals surface area (Å²) < 4.78 is 13.0. The van der Waals surface area contributed by atoms with Gasteiger partial charge in [0.15, 0.2) is 0 Å². The summed E-state index contributed by atoms with van der Waals surface area (Å²) in [6.45, 7) is 3.41. The predicted octanol–water partition coefficient (Wildman–Crippen LogP) is 3.34. The van der Waals surface area contributed by atoms with Gasteiger partial charge in [-0.05, 0) is 43.0 Å². The second-order valence-electron chi connectivity index (χ2n) is 5.67. The lowest BCUT2D eigenvalue weighted by Gasteiger charge is -2.31. The molecule has 1 amide bonds. The van der Waals surface area contributed by atoms with Gasteiger partial charge in [-0.3, -0.25) is 4.79 Å². The molecule has 1 aromatic carbocycles. The fourth-order valence-electron chi connectivity index (χ4n) is 2.50. The third kappa shape index (κ3) is 4.06. The molecule has 0 aliphatic carbocycles. The number of rotatable bonds is 3. The molecule has 3 rings (SSSR count). The van der Waals surface area contributed by atoms with E-state index in [0.717, 1.165) is 41.5 Å². The molecule has 0 N–H and O–H groups in total. The number of nitrogens with zero attached hydrogens (tertiary/aromatic N) is 2. The number of halogens is 1. The zero-order valence-corrected chi connectivity index (χ0v) is 13.9. The van der Waals surface area contributed by atoms with Crippen LogP contribution >= 0.6 is 11.3 Å². The lowest BCUT2D eigenvalue weighted by atomic mass is 10.2. The van der Waals surface area contributed by atoms with Crippen LogP contribution in [-0.4, -0.2) is 48.9 Å². The molecule has 120 valence electrons. The number of piperazine rings is 1. The Morgan fingerprint density at radius 2 is 1.78 bits per heavy atom. The molecule has 0 unspecified atom stereocenters. The molecule has 5 heteroatoms. The molecule has 0 atom stereocenters. The van der Waals surface area contributed by atoms with Crippen LogP contribution in [0.1, 0.15) is 4.88 Å². The number of hydrogen-bond donors (Lipinski definition) is 0.